The van der Waals surface area contributed by atoms with E-state index in [1.54, 1.807) is 0 Å². The summed E-state index contributed by atoms with van der Waals surface area (Å²) in [5.74, 6) is 0. The van der Waals surface area contributed by atoms with Crippen LogP contribution in [0.5, 0.6) is 0 Å². The Balaban J connectivity index is 2.16. The predicted octanol–water partition coefficient (Wildman–Crippen LogP) is 2.77. The number of unbranched alkanes of at least 4 members (excludes halogenated alkanes) is 1. The maximum Gasteiger partial charge on any atom is 0.0608 e. The van der Waals surface area contributed by atoms with Gasteiger partial charge in [0.15, 0.2) is 0 Å². The summed E-state index contributed by atoms with van der Waals surface area (Å²) in [4.78, 5) is 2.53. The van der Waals surface area contributed by atoms with Gasteiger partial charge >= 0.3 is 0 Å². The third-order valence-electron chi connectivity index (χ3n) is 4.80. The molecule has 3 heteroatoms. The summed E-state index contributed by atoms with van der Waals surface area (Å²) in [6.45, 7) is 7.95. The van der Waals surface area contributed by atoms with E-state index in [1.807, 2.05) is 6.92 Å². The second kappa shape index (κ2) is 7.05. The molecule has 114 valence electrons. The molecular weight excluding hydrogens is 236 g/mol. The van der Waals surface area contributed by atoms with Gasteiger partial charge in [0.05, 0.1) is 6.61 Å². The standard InChI is InChI=1S/C16H34N2O/c1-15(2)10-7-14(8-11-15)18(4)12-6-5-9-16(3,17)13-19/h14,19H,5-13,17H2,1-4H3. The molecule has 0 aromatic carbocycles. The number of aliphatic hydroxyl groups excluding tert-OH is 1. The first-order chi connectivity index (χ1) is 8.76. The second-order valence-electron chi connectivity index (χ2n) is 7.65. The Morgan fingerprint density at radius 3 is 2.37 bits per heavy atom. The topological polar surface area (TPSA) is 49.5 Å². The summed E-state index contributed by atoms with van der Waals surface area (Å²) < 4.78 is 0. The molecule has 1 unspecified atom stereocenters. The van der Waals surface area contributed by atoms with E-state index >= 15 is 0 Å². The summed E-state index contributed by atoms with van der Waals surface area (Å²) in [5.41, 5.74) is 6.10. The minimum absolute atomic E-state index is 0.0839. The molecule has 19 heavy (non-hydrogen) atoms. The molecule has 0 spiro atoms. The fraction of sp³-hybridized carbons (Fsp3) is 1.00. The van der Waals surface area contributed by atoms with Crippen LogP contribution in [0.4, 0.5) is 0 Å². The highest BCUT2D eigenvalue weighted by atomic mass is 16.3. The number of nitrogens with zero attached hydrogens (tertiary/aromatic N) is 1. The van der Waals surface area contributed by atoms with E-state index < -0.39 is 5.54 Å². The van der Waals surface area contributed by atoms with Crippen LogP contribution in [0.2, 0.25) is 0 Å². The molecule has 1 atom stereocenters. The quantitative estimate of drug-likeness (QED) is 0.699. The van der Waals surface area contributed by atoms with Crippen molar-refractivity contribution in [2.24, 2.45) is 11.1 Å². The van der Waals surface area contributed by atoms with E-state index in [9.17, 15) is 0 Å². The zero-order valence-corrected chi connectivity index (χ0v) is 13.4. The minimum atomic E-state index is -0.395. The van der Waals surface area contributed by atoms with Gasteiger partial charge in [-0.2, -0.15) is 0 Å². The average Bonchev–Trinajstić information content (AvgIpc) is 2.34. The van der Waals surface area contributed by atoms with Gasteiger partial charge < -0.3 is 15.7 Å². The van der Waals surface area contributed by atoms with Gasteiger partial charge in [0.1, 0.15) is 0 Å². The van der Waals surface area contributed by atoms with Crippen molar-refractivity contribution >= 4 is 0 Å². The Kier molecular flexibility index (Phi) is 6.28. The first-order valence-corrected chi connectivity index (χ1v) is 7.86. The third-order valence-corrected chi connectivity index (χ3v) is 4.80. The number of aliphatic hydroxyl groups is 1. The maximum absolute atomic E-state index is 9.12. The molecular formula is C16H34N2O. The highest BCUT2D eigenvalue weighted by Gasteiger charge is 2.28. The maximum atomic E-state index is 9.12. The monoisotopic (exact) mass is 270 g/mol. The first kappa shape index (κ1) is 16.9. The molecule has 0 saturated heterocycles. The molecule has 0 aromatic rings. The molecule has 3 nitrogen and oxygen atoms in total. The van der Waals surface area contributed by atoms with Crippen LogP contribution < -0.4 is 5.73 Å². The smallest absolute Gasteiger partial charge is 0.0608 e. The number of hydrogen-bond acceptors (Lipinski definition) is 3. The molecule has 0 bridgehead atoms. The number of nitrogens with two attached hydrogens (primary N) is 1. The van der Waals surface area contributed by atoms with E-state index in [0.717, 1.165) is 25.4 Å². The lowest BCUT2D eigenvalue weighted by Gasteiger charge is -2.38. The van der Waals surface area contributed by atoms with Crippen molar-refractivity contribution in [2.75, 3.05) is 20.2 Å². The molecule has 0 aromatic heterocycles. The molecule has 1 fully saturated rings. The van der Waals surface area contributed by atoms with Gasteiger partial charge in [0.2, 0.25) is 0 Å². The van der Waals surface area contributed by atoms with Gasteiger partial charge in [0.25, 0.3) is 0 Å². The Bertz CT molecular complexity index is 253. The Hall–Kier alpha value is -0.120. The van der Waals surface area contributed by atoms with Crippen molar-refractivity contribution in [1.82, 2.24) is 4.90 Å². The van der Waals surface area contributed by atoms with E-state index in [1.165, 1.54) is 32.1 Å². The van der Waals surface area contributed by atoms with Gasteiger partial charge in [-0.15, -0.1) is 0 Å². The van der Waals surface area contributed by atoms with Crippen LogP contribution in [-0.4, -0.2) is 41.8 Å². The number of rotatable bonds is 7. The largest absolute Gasteiger partial charge is 0.394 e. The fourth-order valence-corrected chi connectivity index (χ4v) is 2.98. The van der Waals surface area contributed by atoms with Crippen molar-refractivity contribution in [1.29, 1.82) is 0 Å². The molecule has 1 aliphatic rings. The molecule has 3 N–H and O–H groups in total. The second-order valence-corrected chi connectivity index (χ2v) is 7.65. The molecule has 1 aliphatic carbocycles. The summed E-state index contributed by atoms with van der Waals surface area (Å²) in [7, 11) is 2.26. The molecule has 1 saturated carbocycles. The van der Waals surface area contributed by atoms with Gasteiger partial charge in [-0.1, -0.05) is 20.3 Å². The summed E-state index contributed by atoms with van der Waals surface area (Å²) in [6, 6.07) is 0.773. The Morgan fingerprint density at radius 2 is 1.84 bits per heavy atom. The van der Waals surface area contributed by atoms with Crippen LogP contribution in [0, 0.1) is 5.41 Å². The first-order valence-electron chi connectivity index (χ1n) is 7.86. The highest BCUT2D eigenvalue weighted by Crippen LogP contribution is 2.36. The molecule has 0 amide bonds. The van der Waals surface area contributed by atoms with Crippen molar-refractivity contribution in [3.05, 3.63) is 0 Å². The van der Waals surface area contributed by atoms with Crippen LogP contribution in [0.25, 0.3) is 0 Å². The summed E-state index contributed by atoms with van der Waals surface area (Å²) >= 11 is 0. The Labute approximate surface area is 119 Å². The van der Waals surface area contributed by atoms with E-state index in [2.05, 4.69) is 25.8 Å². The average molecular weight is 270 g/mol. The normalized spacial score (nSPS) is 23.5. The lowest BCUT2D eigenvalue weighted by molar-refractivity contribution is 0.125. The molecule has 0 heterocycles. The van der Waals surface area contributed by atoms with Crippen LogP contribution in [-0.2, 0) is 0 Å². The SMILES string of the molecule is CN(CCCCC(C)(N)CO)C1CCC(C)(C)CC1. The number of hydrogen-bond donors (Lipinski definition) is 2. The molecule has 0 radical (unpaired) electrons. The summed E-state index contributed by atoms with van der Waals surface area (Å²) in [5, 5.41) is 9.12. The van der Waals surface area contributed by atoms with Gasteiger partial charge in [-0.3, -0.25) is 0 Å². The van der Waals surface area contributed by atoms with Crippen LogP contribution in [0.1, 0.15) is 65.7 Å². The van der Waals surface area contributed by atoms with Crippen molar-refractivity contribution in [2.45, 2.75) is 77.3 Å². The van der Waals surface area contributed by atoms with E-state index in [4.69, 9.17) is 10.8 Å². The van der Waals surface area contributed by atoms with Gasteiger partial charge in [0, 0.05) is 11.6 Å². The lowest BCUT2D eigenvalue weighted by Crippen LogP contribution is -2.40. The van der Waals surface area contributed by atoms with Crippen LogP contribution in [0.15, 0.2) is 0 Å². The summed E-state index contributed by atoms with van der Waals surface area (Å²) in [6.07, 6.45) is 8.60. The predicted molar refractivity (Wildman–Crippen MR) is 82.2 cm³/mol. The van der Waals surface area contributed by atoms with Gasteiger partial charge in [-0.05, 0) is 64.5 Å². The molecule has 1 rings (SSSR count). The van der Waals surface area contributed by atoms with Crippen LogP contribution in [0.3, 0.4) is 0 Å². The molecule has 0 aliphatic heterocycles. The van der Waals surface area contributed by atoms with Crippen molar-refractivity contribution in [3.63, 3.8) is 0 Å². The highest BCUT2D eigenvalue weighted by molar-refractivity contribution is 4.83. The zero-order chi connectivity index (χ0) is 14.5. The fourth-order valence-electron chi connectivity index (χ4n) is 2.98. The lowest BCUT2D eigenvalue weighted by atomic mass is 9.75. The van der Waals surface area contributed by atoms with Crippen LogP contribution >= 0.6 is 0 Å². The van der Waals surface area contributed by atoms with E-state index in [-0.39, 0.29) is 6.61 Å². The van der Waals surface area contributed by atoms with E-state index in [0.29, 0.717) is 5.41 Å². The zero-order valence-electron chi connectivity index (χ0n) is 13.4. The Morgan fingerprint density at radius 1 is 1.26 bits per heavy atom. The third kappa shape index (κ3) is 6.24. The van der Waals surface area contributed by atoms with Crippen molar-refractivity contribution < 1.29 is 5.11 Å². The minimum Gasteiger partial charge on any atom is -0.394 e. The van der Waals surface area contributed by atoms with Gasteiger partial charge in [-0.25, -0.2) is 0 Å². The van der Waals surface area contributed by atoms with Crippen molar-refractivity contribution in [3.8, 4) is 0 Å².